The van der Waals surface area contributed by atoms with Gasteiger partial charge in [-0.05, 0) is 0 Å². The van der Waals surface area contributed by atoms with Gasteiger partial charge in [-0.2, -0.15) is 0 Å². The van der Waals surface area contributed by atoms with Crippen molar-refractivity contribution in [2.45, 2.75) is 0 Å². The fraction of sp³-hybridized carbons (Fsp3) is 0. The zero-order valence-electron chi connectivity index (χ0n) is 4.42. The summed E-state index contributed by atoms with van der Waals surface area (Å²) < 4.78 is 0. The molecule has 0 saturated carbocycles. The first kappa shape index (κ1) is 59.1. The maximum absolute atomic E-state index is 4.94. The van der Waals surface area contributed by atoms with Crippen molar-refractivity contribution < 1.29 is 59.9 Å². The van der Waals surface area contributed by atoms with E-state index >= 15 is 0 Å². The van der Waals surface area contributed by atoms with Crippen molar-refractivity contribution >= 4 is 19.4 Å². The molecule has 0 aliphatic rings. The van der Waals surface area contributed by atoms with Crippen LogP contribution in [0.4, 0.5) is 0 Å². The maximum atomic E-state index is 4.94. The standard InChI is InChI=1S/3ClH.Er.6H2O/h3*1H;;6*1H2/q;;;+3;;;;;;/p-3. The van der Waals surface area contributed by atoms with Crippen LogP contribution in [0.3, 0.4) is 0 Å². The molecule has 12 N–H and O–H groups in total. The number of hydrogen-bond donors (Lipinski definition) is 0. The zero-order chi connectivity index (χ0) is 3.58. The Hall–Kier alpha value is 1.88. The summed E-state index contributed by atoms with van der Waals surface area (Å²) in [5.41, 5.74) is 0. The number of rotatable bonds is 0. The fourth-order valence-corrected chi connectivity index (χ4v) is 0. The molecule has 0 radical (unpaired) electrons. The Balaban J connectivity index is -0.00000000300. The van der Waals surface area contributed by atoms with Crippen LogP contribution in [0.15, 0.2) is 0 Å². The van der Waals surface area contributed by atoms with Crippen molar-refractivity contribution in [2.24, 2.45) is 0 Å². The molecule has 0 amide bonds. The molecular formula is H12Cl3ErO6. The second kappa shape index (κ2) is 44.6. The minimum absolute atomic E-state index is 0. The average molecular weight is 382 g/mol. The van der Waals surface area contributed by atoms with Crippen LogP contribution in [0.1, 0.15) is 0 Å². The first-order chi connectivity index (χ1) is 1.73. The summed E-state index contributed by atoms with van der Waals surface area (Å²) in [4.78, 5) is 0. The summed E-state index contributed by atoms with van der Waals surface area (Å²) in [5.74, 6) is 0. The molecule has 0 aliphatic heterocycles. The Morgan fingerprint density at radius 2 is 0.500 bits per heavy atom. The molecule has 0 unspecified atom stereocenters. The van der Waals surface area contributed by atoms with E-state index in [9.17, 15) is 0 Å². The third-order valence-electron chi connectivity index (χ3n) is 0. The topological polar surface area (TPSA) is 189 Å². The Labute approximate surface area is 78.3 Å². The molecule has 0 spiro atoms. The van der Waals surface area contributed by atoms with Gasteiger partial charge in [0.25, 0.3) is 0 Å². The van der Waals surface area contributed by atoms with Gasteiger partial charge >= 0.3 is 46.5 Å². The molecule has 81 valence electrons. The van der Waals surface area contributed by atoms with Crippen LogP contribution >= 0.6 is 19.4 Å². The zero-order valence-corrected chi connectivity index (χ0v) is 8.54. The van der Waals surface area contributed by atoms with Gasteiger partial charge in [-0.15, -0.1) is 0 Å². The molecule has 0 aromatic heterocycles. The Bertz CT molecular complexity index is 17.7. The van der Waals surface area contributed by atoms with Crippen molar-refractivity contribution in [3.63, 3.8) is 0 Å². The molecule has 0 fully saturated rings. The van der Waals surface area contributed by atoms with E-state index in [-0.39, 0.29) is 32.9 Å². The molecule has 0 aromatic rings. The van der Waals surface area contributed by atoms with E-state index in [1.165, 1.54) is 0 Å². The molecular weight excluding hydrogens is 370 g/mol. The molecule has 0 aromatic carbocycles. The Morgan fingerprint density at radius 3 is 0.500 bits per heavy atom. The average Bonchev–Trinajstić information content (AvgIpc) is 0.811. The van der Waals surface area contributed by atoms with Crippen LogP contribution in [-0.2, 0) is 0 Å². The minimum atomic E-state index is -1.72. The molecule has 0 saturated heterocycles. The van der Waals surface area contributed by atoms with Crippen molar-refractivity contribution in [1.82, 2.24) is 0 Å². The molecule has 0 atom stereocenters. The van der Waals surface area contributed by atoms with Gasteiger partial charge < -0.3 is 32.9 Å². The molecule has 10 heteroatoms. The van der Waals surface area contributed by atoms with Gasteiger partial charge in [0.1, 0.15) is 0 Å². The predicted molar refractivity (Wildman–Crippen MR) is 39.2 cm³/mol. The van der Waals surface area contributed by atoms with E-state index < -0.39 is 27.0 Å². The fourth-order valence-electron chi connectivity index (χ4n) is 0. The number of halogens is 3. The number of hydrogen-bond acceptors (Lipinski definition) is 0. The van der Waals surface area contributed by atoms with Crippen LogP contribution in [0.25, 0.3) is 0 Å². The summed E-state index contributed by atoms with van der Waals surface area (Å²) in [5, 5.41) is 0. The van der Waals surface area contributed by atoms with E-state index in [0.717, 1.165) is 0 Å². The predicted octanol–water partition coefficient (Wildman–Crippen LogP) is -2.88. The van der Waals surface area contributed by atoms with Crippen LogP contribution in [0.2, 0.25) is 0 Å². The van der Waals surface area contributed by atoms with E-state index in [1.54, 1.807) is 0 Å². The summed E-state index contributed by atoms with van der Waals surface area (Å²) in [6.07, 6.45) is 0. The van der Waals surface area contributed by atoms with E-state index in [4.69, 9.17) is 19.4 Å². The van der Waals surface area contributed by atoms with Gasteiger partial charge in [-0.3, -0.25) is 0 Å². The normalized spacial score (nSPS) is 4.50. The van der Waals surface area contributed by atoms with Crippen LogP contribution in [0, 0.1) is 27.0 Å². The van der Waals surface area contributed by atoms with Gasteiger partial charge in [0.2, 0.25) is 0 Å². The van der Waals surface area contributed by atoms with E-state index in [1.807, 2.05) is 0 Å². The molecule has 6 nitrogen and oxygen atoms in total. The second-order valence-electron chi connectivity index (χ2n) is 0.124. The van der Waals surface area contributed by atoms with Gasteiger partial charge in [0, 0.05) is 0 Å². The monoisotopic (exact) mass is 379 g/mol. The van der Waals surface area contributed by atoms with E-state index in [0.29, 0.717) is 0 Å². The van der Waals surface area contributed by atoms with Gasteiger partial charge in [-0.1, -0.05) is 0 Å². The quantitative estimate of drug-likeness (QED) is 0.417. The van der Waals surface area contributed by atoms with Crippen molar-refractivity contribution in [3.8, 4) is 0 Å². The van der Waals surface area contributed by atoms with Crippen LogP contribution < -0.4 is 0 Å². The van der Waals surface area contributed by atoms with Crippen molar-refractivity contribution in [2.75, 3.05) is 0 Å². The summed E-state index contributed by atoms with van der Waals surface area (Å²) in [6.45, 7) is 14.8. The SMILES string of the molecule is O.O.O.O.O.O.[Cl][Er]([Cl])[Cl]. The second-order valence-corrected chi connectivity index (χ2v) is 8.26. The third-order valence-corrected chi connectivity index (χ3v) is 0. The van der Waals surface area contributed by atoms with Crippen LogP contribution in [0.5, 0.6) is 0 Å². The Kier molecular flexibility index (Phi) is 264. The van der Waals surface area contributed by atoms with Gasteiger partial charge in [-0.25, -0.2) is 0 Å². The summed E-state index contributed by atoms with van der Waals surface area (Å²) in [6, 6.07) is 0. The van der Waals surface area contributed by atoms with Gasteiger partial charge in [0.05, 0.1) is 0 Å². The summed E-state index contributed by atoms with van der Waals surface area (Å²) >= 11 is -1.72. The molecule has 0 aliphatic carbocycles. The third kappa shape index (κ3) is 221. The first-order valence-electron chi connectivity index (χ1n) is 0.327. The van der Waals surface area contributed by atoms with Crippen molar-refractivity contribution in [1.29, 1.82) is 0 Å². The molecule has 0 rings (SSSR count). The summed E-state index contributed by atoms with van der Waals surface area (Å²) in [7, 11) is 0. The van der Waals surface area contributed by atoms with Gasteiger partial charge in [0.15, 0.2) is 0 Å². The van der Waals surface area contributed by atoms with E-state index in [2.05, 4.69) is 0 Å². The van der Waals surface area contributed by atoms with Crippen LogP contribution in [-0.4, -0.2) is 32.9 Å². The molecule has 0 heterocycles. The molecule has 0 bridgehead atoms. The Morgan fingerprint density at radius 1 is 0.500 bits per heavy atom. The first-order valence-corrected chi connectivity index (χ1v) is 7.28. The molecule has 10 heavy (non-hydrogen) atoms. The van der Waals surface area contributed by atoms with Crippen molar-refractivity contribution in [3.05, 3.63) is 0 Å².